The first-order chi connectivity index (χ1) is 10.9. The first-order valence-corrected chi connectivity index (χ1v) is 9.90. The third-order valence-corrected chi connectivity index (χ3v) is 6.18. The predicted molar refractivity (Wildman–Crippen MR) is 90.8 cm³/mol. The Morgan fingerprint density at radius 1 is 1.30 bits per heavy atom. The molecule has 0 atom stereocenters. The van der Waals surface area contributed by atoms with E-state index < -0.39 is 10.0 Å². The van der Waals surface area contributed by atoms with Crippen LogP contribution in [0.25, 0.3) is 0 Å². The number of hydrogen-bond donors (Lipinski definition) is 2. The number of thiazole rings is 1. The zero-order valence-electron chi connectivity index (χ0n) is 13.9. The Morgan fingerprint density at radius 2 is 2.00 bits per heavy atom. The van der Waals surface area contributed by atoms with E-state index in [0.29, 0.717) is 11.4 Å². The summed E-state index contributed by atoms with van der Waals surface area (Å²) in [7, 11) is -3.59. The van der Waals surface area contributed by atoms with Gasteiger partial charge in [0.1, 0.15) is 9.90 Å². The first-order valence-electron chi connectivity index (χ1n) is 7.54. The monoisotopic (exact) mass is 357 g/mol. The number of aryl methyl sites for hydroxylation is 2. The molecule has 0 amide bonds. The van der Waals surface area contributed by atoms with Crippen LogP contribution >= 0.6 is 11.3 Å². The number of hydrogen-bond acceptors (Lipinski definition) is 6. The minimum atomic E-state index is -3.59. The van der Waals surface area contributed by atoms with Gasteiger partial charge in [-0.1, -0.05) is 13.8 Å². The standard InChI is InChI=1S/C14H23N5O2S2/c1-5-19(6-2)8-12-9-22-13(16-12)7-15-23(20,21)14-10(3)17-18-11(14)4/h9,15H,5-8H2,1-4H3,(H,17,18). The van der Waals surface area contributed by atoms with Crippen molar-refractivity contribution in [3.8, 4) is 0 Å². The Kier molecular flexibility index (Phi) is 5.90. The minimum absolute atomic E-state index is 0.190. The molecule has 0 aromatic carbocycles. The lowest BCUT2D eigenvalue weighted by Crippen LogP contribution is -2.24. The van der Waals surface area contributed by atoms with Crippen LogP contribution in [0.5, 0.6) is 0 Å². The van der Waals surface area contributed by atoms with Gasteiger partial charge < -0.3 is 0 Å². The van der Waals surface area contributed by atoms with Gasteiger partial charge in [-0.25, -0.2) is 18.1 Å². The largest absolute Gasteiger partial charge is 0.298 e. The van der Waals surface area contributed by atoms with E-state index in [9.17, 15) is 8.42 Å². The third kappa shape index (κ3) is 4.37. The highest BCUT2D eigenvalue weighted by atomic mass is 32.2. The van der Waals surface area contributed by atoms with E-state index in [1.165, 1.54) is 11.3 Å². The lowest BCUT2D eigenvalue weighted by atomic mass is 10.4. The zero-order valence-corrected chi connectivity index (χ0v) is 15.5. The molecule has 0 saturated carbocycles. The molecular weight excluding hydrogens is 334 g/mol. The molecule has 2 aromatic heterocycles. The van der Waals surface area contributed by atoms with Crippen LogP contribution in [0.2, 0.25) is 0 Å². The molecule has 0 aliphatic heterocycles. The molecule has 0 aliphatic carbocycles. The van der Waals surface area contributed by atoms with Gasteiger partial charge in [-0.3, -0.25) is 10.00 Å². The Morgan fingerprint density at radius 3 is 2.57 bits per heavy atom. The van der Waals surface area contributed by atoms with Crippen LogP contribution in [0.4, 0.5) is 0 Å². The topological polar surface area (TPSA) is 91.0 Å². The van der Waals surface area contributed by atoms with Crippen LogP contribution in [0.3, 0.4) is 0 Å². The van der Waals surface area contributed by atoms with Crippen molar-refractivity contribution in [2.75, 3.05) is 13.1 Å². The van der Waals surface area contributed by atoms with Crippen molar-refractivity contribution in [1.29, 1.82) is 0 Å². The fraction of sp³-hybridized carbons (Fsp3) is 0.571. The fourth-order valence-electron chi connectivity index (χ4n) is 2.34. The molecule has 2 heterocycles. The molecular formula is C14H23N5O2S2. The van der Waals surface area contributed by atoms with Crippen LogP contribution < -0.4 is 4.72 Å². The molecule has 2 N–H and O–H groups in total. The van der Waals surface area contributed by atoms with Crippen LogP contribution in [0, 0.1) is 13.8 Å². The van der Waals surface area contributed by atoms with Gasteiger partial charge in [-0.15, -0.1) is 11.3 Å². The molecule has 0 radical (unpaired) electrons. The minimum Gasteiger partial charge on any atom is -0.298 e. The summed E-state index contributed by atoms with van der Waals surface area (Å²) in [5.41, 5.74) is 1.98. The second kappa shape index (κ2) is 7.52. The molecule has 7 nitrogen and oxygen atoms in total. The summed E-state index contributed by atoms with van der Waals surface area (Å²) < 4.78 is 27.4. The summed E-state index contributed by atoms with van der Waals surface area (Å²) in [6.07, 6.45) is 0. The summed E-state index contributed by atoms with van der Waals surface area (Å²) in [5, 5.41) is 9.36. The zero-order chi connectivity index (χ0) is 17.0. The second-order valence-corrected chi connectivity index (χ2v) is 7.93. The second-order valence-electron chi connectivity index (χ2n) is 5.28. The number of H-pyrrole nitrogens is 1. The number of aromatic nitrogens is 3. The molecule has 9 heteroatoms. The number of nitrogens with one attached hydrogen (secondary N) is 2. The highest BCUT2D eigenvalue weighted by molar-refractivity contribution is 7.89. The van der Waals surface area contributed by atoms with E-state index >= 15 is 0 Å². The summed E-state index contributed by atoms with van der Waals surface area (Å²) in [6, 6.07) is 0. The Bertz CT molecular complexity index is 728. The first kappa shape index (κ1) is 18.1. The van der Waals surface area contributed by atoms with Gasteiger partial charge in [0.05, 0.1) is 23.6 Å². The molecule has 0 spiro atoms. The van der Waals surface area contributed by atoms with Crippen molar-refractivity contribution < 1.29 is 8.42 Å². The normalized spacial score (nSPS) is 12.2. The number of rotatable bonds is 8. The van der Waals surface area contributed by atoms with E-state index in [2.05, 4.69) is 38.7 Å². The number of aromatic amines is 1. The fourth-order valence-corrected chi connectivity index (χ4v) is 4.52. The average molecular weight is 358 g/mol. The highest BCUT2D eigenvalue weighted by Gasteiger charge is 2.22. The van der Waals surface area contributed by atoms with Gasteiger partial charge in [0.2, 0.25) is 10.0 Å². The van der Waals surface area contributed by atoms with Crippen molar-refractivity contribution in [2.45, 2.75) is 45.7 Å². The SMILES string of the molecule is CCN(CC)Cc1csc(CNS(=O)(=O)c2c(C)n[nH]c2C)n1. The van der Waals surface area contributed by atoms with E-state index in [-0.39, 0.29) is 11.4 Å². The maximum atomic E-state index is 12.4. The van der Waals surface area contributed by atoms with Gasteiger partial charge in [-0.05, 0) is 26.9 Å². The predicted octanol–water partition coefficient (Wildman–Crippen LogP) is 1.80. The van der Waals surface area contributed by atoms with Crippen molar-refractivity contribution in [2.24, 2.45) is 0 Å². The van der Waals surface area contributed by atoms with E-state index in [0.717, 1.165) is 30.3 Å². The molecule has 2 rings (SSSR count). The lowest BCUT2D eigenvalue weighted by Gasteiger charge is -2.15. The molecule has 23 heavy (non-hydrogen) atoms. The number of nitrogens with zero attached hydrogens (tertiary/aromatic N) is 3. The quantitative estimate of drug-likeness (QED) is 0.752. The van der Waals surface area contributed by atoms with Crippen molar-refractivity contribution in [3.05, 3.63) is 27.5 Å². The Balaban J connectivity index is 2.03. The molecule has 0 unspecified atom stereocenters. The average Bonchev–Trinajstić information content (AvgIpc) is 3.09. The lowest BCUT2D eigenvalue weighted by molar-refractivity contribution is 0.292. The smallest absolute Gasteiger partial charge is 0.244 e. The molecule has 0 aliphatic rings. The third-order valence-electron chi connectivity index (χ3n) is 3.62. The molecule has 0 fully saturated rings. The van der Waals surface area contributed by atoms with Gasteiger partial charge in [0, 0.05) is 11.9 Å². The number of sulfonamides is 1. The van der Waals surface area contributed by atoms with Gasteiger partial charge in [0.25, 0.3) is 0 Å². The Labute approximate surface area is 141 Å². The summed E-state index contributed by atoms with van der Waals surface area (Å²) >= 11 is 1.47. The van der Waals surface area contributed by atoms with Gasteiger partial charge in [0.15, 0.2) is 0 Å². The summed E-state index contributed by atoms with van der Waals surface area (Å²) in [4.78, 5) is 6.99. The summed E-state index contributed by atoms with van der Waals surface area (Å²) in [5.74, 6) is 0. The van der Waals surface area contributed by atoms with Crippen molar-refractivity contribution in [1.82, 2.24) is 24.8 Å². The van der Waals surface area contributed by atoms with E-state index in [1.807, 2.05) is 5.38 Å². The van der Waals surface area contributed by atoms with Crippen molar-refractivity contribution in [3.63, 3.8) is 0 Å². The van der Waals surface area contributed by atoms with E-state index in [1.54, 1.807) is 13.8 Å². The molecule has 0 bridgehead atoms. The van der Waals surface area contributed by atoms with Crippen LogP contribution in [0.15, 0.2) is 10.3 Å². The molecule has 0 saturated heterocycles. The van der Waals surface area contributed by atoms with Crippen LogP contribution in [-0.2, 0) is 23.1 Å². The van der Waals surface area contributed by atoms with Gasteiger partial charge >= 0.3 is 0 Å². The highest BCUT2D eigenvalue weighted by Crippen LogP contribution is 2.18. The van der Waals surface area contributed by atoms with Crippen LogP contribution in [-0.4, -0.2) is 41.6 Å². The van der Waals surface area contributed by atoms with Gasteiger partial charge in [-0.2, -0.15) is 5.10 Å². The van der Waals surface area contributed by atoms with E-state index in [4.69, 9.17) is 0 Å². The van der Waals surface area contributed by atoms with Crippen LogP contribution in [0.1, 0.15) is 35.9 Å². The maximum Gasteiger partial charge on any atom is 0.244 e. The maximum absolute atomic E-state index is 12.4. The molecule has 2 aromatic rings. The van der Waals surface area contributed by atoms with Crippen molar-refractivity contribution >= 4 is 21.4 Å². The molecule has 128 valence electrons. The summed E-state index contributed by atoms with van der Waals surface area (Å²) in [6.45, 7) is 10.5. The Hall–Kier alpha value is -1.29.